The van der Waals surface area contributed by atoms with E-state index in [9.17, 15) is 18.4 Å². The minimum absolute atomic E-state index is 0.0767. The van der Waals surface area contributed by atoms with Gasteiger partial charge >= 0.3 is 0 Å². The highest BCUT2D eigenvalue weighted by molar-refractivity contribution is 6.04. The second-order valence-electron chi connectivity index (χ2n) is 7.64. The number of carbonyl (C=O) groups is 2. The van der Waals surface area contributed by atoms with E-state index in [-0.39, 0.29) is 30.3 Å². The van der Waals surface area contributed by atoms with Crippen molar-refractivity contribution in [3.63, 3.8) is 0 Å². The van der Waals surface area contributed by atoms with Crippen molar-refractivity contribution in [3.8, 4) is 0 Å². The molecule has 7 nitrogen and oxygen atoms in total. The Morgan fingerprint density at radius 2 is 1.94 bits per heavy atom. The van der Waals surface area contributed by atoms with Crippen LogP contribution in [-0.4, -0.2) is 45.6 Å². The highest BCUT2D eigenvalue weighted by Gasteiger charge is 2.30. The molecule has 3 N–H and O–H groups in total. The van der Waals surface area contributed by atoms with Gasteiger partial charge in [0.05, 0.1) is 18.6 Å². The molecule has 0 unspecified atom stereocenters. The third kappa shape index (κ3) is 4.72. The number of carbonyl (C=O) groups excluding carboxylic acids is 2. The van der Waals surface area contributed by atoms with Crippen molar-refractivity contribution in [2.45, 2.75) is 32.0 Å². The molecular weight excluding hydrogens is 404 g/mol. The lowest BCUT2D eigenvalue weighted by molar-refractivity contribution is -0.122. The molecule has 1 fully saturated rings. The maximum Gasteiger partial charge on any atom is 0.269 e. The second-order valence-corrected chi connectivity index (χ2v) is 7.64. The fourth-order valence-corrected chi connectivity index (χ4v) is 3.65. The van der Waals surface area contributed by atoms with Gasteiger partial charge in [0.15, 0.2) is 17.3 Å². The summed E-state index contributed by atoms with van der Waals surface area (Å²) in [6, 6.07) is 11.5. The molecule has 1 saturated carbocycles. The Morgan fingerprint density at radius 1 is 1.16 bits per heavy atom. The maximum absolute atomic E-state index is 13.8. The highest BCUT2D eigenvalue weighted by atomic mass is 19.2. The lowest BCUT2D eigenvalue weighted by Gasteiger charge is -2.21. The Hall–Kier alpha value is -3.33. The summed E-state index contributed by atoms with van der Waals surface area (Å²) < 4.78 is 28.8. The second kappa shape index (κ2) is 8.81. The van der Waals surface area contributed by atoms with Gasteiger partial charge in [-0.05, 0) is 25.0 Å². The summed E-state index contributed by atoms with van der Waals surface area (Å²) in [6.07, 6.45) is 2.00. The fourth-order valence-electron chi connectivity index (χ4n) is 3.65. The molecule has 31 heavy (non-hydrogen) atoms. The number of primary amides is 1. The quantitative estimate of drug-likeness (QED) is 0.548. The molecule has 1 aliphatic carbocycles. The number of hydrogen-bond acceptors (Lipinski definition) is 4. The molecular formula is C22H23F2N5O2. The van der Waals surface area contributed by atoms with Crippen molar-refractivity contribution in [2.75, 3.05) is 13.1 Å². The van der Waals surface area contributed by atoms with Gasteiger partial charge in [-0.15, -0.1) is 0 Å². The normalized spacial score (nSPS) is 13.6. The highest BCUT2D eigenvalue weighted by Crippen LogP contribution is 2.27. The SMILES string of the molecule is NC(=O)c1nn(CCN(CC(=O)NCc2cccc(F)c2F)C2CC2)c2ccccc12. The van der Waals surface area contributed by atoms with Gasteiger partial charge in [-0.3, -0.25) is 19.2 Å². The van der Waals surface area contributed by atoms with Crippen LogP contribution in [0.4, 0.5) is 8.78 Å². The van der Waals surface area contributed by atoms with E-state index >= 15 is 0 Å². The van der Waals surface area contributed by atoms with Gasteiger partial charge in [0, 0.05) is 30.1 Å². The molecule has 2 aromatic carbocycles. The van der Waals surface area contributed by atoms with Gasteiger partial charge in [-0.1, -0.05) is 30.3 Å². The molecule has 0 atom stereocenters. The van der Waals surface area contributed by atoms with Gasteiger partial charge in [0.1, 0.15) is 0 Å². The fraction of sp³-hybridized carbons (Fsp3) is 0.318. The van der Waals surface area contributed by atoms with Gasteiger partial charge in [0.2, 0.25) is 5.91 Å². The topological polar surface area (TPSA) is 93.2 Å². The van der Waals surface area contributed by atoms with Crippen LogP contribution in [-0.2, 0) is 17.9 Å². The first kappa shape index (κ1) is 20.9. The van der Waals surface area contributed by atoms with E-state index in [0.29, 0.717) is 24.5 Å². The Bertz CT molecular complexity index is 1130. The van der Waals surface area contributed by atoms with Gasteiger partial charge < -0.3 is 11.1 Å². The first-order chi connectivity index (χ1) is 14.9. The summed E-state index contributed by atoms with van der Waals surface area (Å²) in [5.41, 5.74) is 6.58. The zero-order chi connectivity index (χ0) is 22.0. The molecule has 2 amide bonds. The van der Waals surface area contributed by atoms with Crippen LogP contribution in [0.3, 0.4) is 0 Å². The molecule has 4 rings (SSSR count). The minimum Gasteiger partial charge on any atom is -0.364 e. The number of nitrogens with one attached hydrogen (secondary N) is 1. The van der Waals surface area contributed by atoms with Crippen LogP contribution in [0.1, 0.15) is 28.9 Å². The summed E-state index contributed by atoms with van der Waals surface area (Å²) >= 11 is 0. The van der Waals surface area contributed by atoms with Gasteiger partial charge in [-0.25, -0.2) is 8.78 Å². The zero-order valence-corrected chi connectivity index (χ0v) is 16.9. The number of benzene rings is 2. The van der Waals surface area contributed by atoms with Gasteiger partial charge in [-0.2, -0.15) is 5.10 Å². The maximum atomic E-state index is 13.8. The Balaban J connectivity index is 1.39. The zero-order valence-electron chi connectivity index (χ0n) is 16.9. The number of para-hydroxylation sites is 1. The molecule has 3 aromatic rings. The molecule has 0 aliphatic heterocycles. The number of nitrogens with zero attached hydrogens (tertiary/aromatic N) is 3. The van der Waals surface area contributed by atoms with E-state index in [4.69, 9.17) is 5.73 Å². The number of rotatable bonds is 9. The summed E-state index contributed by atoms with van der Waals surface area (Å²) in [7, 11) is 0. The van der Waals surface area contributed by atoms with Crippen LogP contribution in [0.5, 0.6) is 0 Å². The van der Waals surface area contributed by atoms with Crippen molar-refractivity contribution in [3.05, 3.63) is 65.4 Å². The molecule has 1 aliphatic rings. The number of aromatic nitrogens is 2. The predicted molar refractivity (Wildman–Crippen MR) is 111 cm³/mol. The number of halogens is 2. The molecule has 162 valence electrons. The van der Waals surface area contributed by atoms with Crippen molar-refractivity contribution >= 4 is 22.7 Å². The van der Waals surface area contributed by atoms with E-state index in [2.05, 4.69) is 10.4 Å². The Morgan fingerprint density at radius 3 is 2.68 bits per heavy atom. The van der Waals surface area contributed by atoms with Crippen molar-refractivity contribution in [2.24, 2.45) is 5.73 Å². The summed E-state index contributed by atoms with van der Waals surface area (Å²) in [4.78, 5) is 26.2. The summed E-state index contributed by atoms with van der Waals surface area (Å²) in [6.45, 7) is 1.10. The van der Waals surface area contributed by atoms with E-state index in [1.54, 1.807) is 10.7 Å². The van der Waals surface area contributed by atoms with Crippen LogP contribution in [0.25, 0.3) is 10.9 Å². The largest absolute Gasteiger partial charge is 0.364 e. The molecule has 1 heterocycles. The van der Waals surface area contributed by atoms with Crippen LogP contribution in [0, 0.1) is 11.6 Å². The number of amides is 2. The Kier molecular flexibility index (Phi) is 5.94. The van der Waals surface area contributed by atoms with E-state index < -0.39 is 17.5 Å². The lowest BCUT2D eigenvalue weighted by Crippen LogP contribution is -2.40. The molecule has 9 heteroatoms. The monoisotopic (exact) mass is 427 g/mol. The average molecular weight is 427 g/mol. The molecule has 1 aromatic heterocycles. The summed E-state index contributed by atoms with van der Waals surface area (Å²) in [5, 5.41) is 7.70. The number of nitrogens with two attached hydrogens (primary N) is 1. The third-order valence-corrected chi connectivity index (χ3v) is 5.41. The van der Waals surface area contributed by atoms with Crippen LogP contribution < -0.4 is 11.1 Å². The van der Waals surface area contributed by atoms with E-state index in [1.807, 2.05) is 23.1 Å². The molecule has 0 spiro atoms. The number of fused-ring (bicyclic) bond motifs is 1. The average Bonchev–Trinajstić information content (AvgIpc) is 3.53. The van der Waals surface area contributed by atoms with Crippen molar-refractivity contribution in [1.29, 1.82) is 0 Å². The van der Waals surface area contributed by atoms with Crippen LogP contribution in [0.15, 0.2) is 42.5 Å². The number of hydrogen-bond donors (Lipinski definition) is 2. The predicted octanol–water partition coefficient (Wildman–Crippen LogP) is 2.19. The van der Waals surface area contributed by atoms with Crippen LogP contribution >= 0.6 is 0 Å². The molecule has 0 radical (unpaired) electrons. The van der Waals surface area contributed by atoms with E-state index in [1.165, 1.54) is 12.1 Å². The smallest absolute Gasteiger partial charge is 0.269 e. The van der Waals surface area contributed by atoms with Crippen LogP contribution in [0.2, 0.25) is 0 Å². The van der Waals surface area contributed by atoms with Gasteiger partial charge in [0.25, 0.3) is 5.91 Å². The van der Waals surface area contributed by atoms with Crippen molar-refractivity contribution in [1.82, 2.24) is 20.0 Å². The molecule has 0 bridgehead atoms. The lowest BCUT2D eigenvalue weighted by atomic mass is 10.2. The van der Waals surface area contributed by atoms with Crippen molar-refractivity contribution < 1.29 is 18.4 Å². The minimum atomic E-state index is -0.947. The summed E-state index contributed by atoms with van der Waals surface area (Å²) in [5.74, 6) is -2.73. The first-order valence-electron chi connectivity index (χ1n) is 10.1. The molecule has 0 saturated heterocycles. The Labute approximate surface area is 177 Å². The first-order valence-corrected chi connectivity index (χ1v) is 10.1. The standard InChI is InChI=1S/C22H23F2N5O2/c23-17-6-3-4-14(20(17)24)12-26-19(30)13-28(15-8-9-15)10-11-29-18-7-2-1-5-16(18)21(27-29)22(25)31/h1-7,15H,8-13H2,(H2,25,31)(H,26,30). The third-order valence-electron chi connectivity index (χ3n) is 5.41. The van der Waals surface area contributed by atoms with E-state index in [0.717, 1.165) is 24.4 Å².